The van der Waals surface area contributed by atoms with Gasteiger partial charge in [0.05, 0.1) is 29.2 Å². The van der Waals surface area contributed by atoms with Gasteiger partial charge in [-0.05, 0) is 24.3 Å². The topological polar surface area (TPSA) is 97.3 Å². The zero-order chi connectivity index (χ0) is 24.4. The van der Waals surface area contributed by atoms with Crippen LogP contribution >= 0.6 is 11.6 Å². The van der Waals surface area contributed by atoms with E-state index >= 15 is 0 Å². The summed E-state index contributed by atoms with van der Waals surface area (Å²) in [6.07, 6.45) is 3.42. The number of benzene rings is 1. The summed E-state index contributed by atoms with van der Waals surface area (Å²) in [4.78, 5) is 29.6. The standard InChI is InChI=1S/C22H21ClF2N6O2/c1-5-14(23)9-17(24)18(25)11-31(30(4)12(2)32)22(33)13-6-7-19-15(8-13)20-16(21(26)28-19)10-27-29(20)3/h5-10H,1,11H2,2-4H3,(H2,26,28)/b14-9+,18-17+. The zero-order valence-corrected chi connectivity index (χ0v) is 18.9. The predicted molar refractivity (Wildman–Crippen MR) is 123 cm³/mol. The summed E-state index contributed by atoms with van der Waals surface area (Å²) in [5, 5.41) is 6.94. The summed E-state index contributed by atoms with van der Waals surface area (Å²) in [5.74, 6) is -3.58. The molecule has 172 valence electrons. The van der Waals surface area contributed by atoms with Crippen molar-refractivity contribution in [2.24, 2.45) is 7.05 Å². The minimum absolute atomic E-state index is 0.123. The molecule has 1 aromatic carbocycles. The molecule has 8 nitrogen and oxygen atoms in total. The van der Waals surface area contributed by atoms with Crippen molar-refractivity contribution in [3.8, 4) is 0 Å². The van der Waals surface area contributed by atoms with Crippen molar-refractivity contribution in [1.82, 2.24) is 24.8 Å². The van der Waals surface area contributed by atoms with Crippen LogP contribution in [0.1, 0.15) is 17.3 Å². The molecule has 0 saturated heterocycles. The van der Waals surface area contributed by atoms with E-state index in [4.69, 9.17) is 17.3 Å². The first-order chi connectivity index (χ1) is 15.5. The highest BCUT2D eigenvalue weighted by molar-refractivity contribution is 6.31. The average molecular weight is 475 g/mol. The number of rotatable bonds is 5. The van der Waals surface area contributed by atoms with Crippen molar-refractivity contribution in [2.75, 3.05) is 19.3 Å². The molecule has 33 heavy (non-hydrogen) atoms. The van der Waals surface area contributed by atoms with Gasteiger partial charge in [0.2, 0.25) is 5.91 Å². The van der Waals surface area contributed by atoms with Gasteiger partial charge in [0.15, 0.2) is 11.7 Å². The van der Waals surface area contributed by atoms with Gasteiger partial charge in [-0.3, -0.25) is 19.3 Å². The smallest absolute Gasteiger partial charge is 0.272 e. The number of carbonyl (C=O) groups is 2. The van der Waals surface area contributed by atoms with Gasteiger partial charge >= 0.3 is 0 Å². The van der Waals surface area contributed by atoms with Gasteiger partial charge in [-0.2, -0.15) is 5.10 Å². The van der Waals surface area contributed by atoms with Crippen molar-refractivity contribution in [3.63, 3.8) is 0 Å². The fourth-order valence-electron chi connectivity index (χ4n) is 3.19. The first-order valence-electron chi connectivity index (χ1n) is 9.66. The van der Waals surface area contributed by atoms with Crippen LogP contribution in [0.2, 0.25) is 0 Å². The van der Waals surface area contributed by atoms with Crippen LogP contribution < -0.4 is 5.73 Å². The minimum atomic E-state index is -1.29. The van der Waals surface area contributed by atoms with Crippen LogP contribution in [-0.2, 0) is 11.8 Å². The van der Waals surface area contributed by atoms with Crippen LogP contribution in [0.5, 0.6) is 0 Å². The molecule has 0 bridgehead atoms. The normalized spacial score (nSPS) is 12.6. The average Bonchev–Trinajstić information content (AvgIpc) is 3.18. The van der Waals surface area contributed by atoms with Gasteiger partial charge in [-0.25, -0.2) is 18.8 Å². The van der Waals surface area contributed by atoms with Crippen LogP contribution in [0, 0.1) is 0 Å². The van der Waals surface area contributed by atoms with Crippen LogP contribution in [0.4, 0.5) is 14.6 Å². The highest BCUT2D eigenvalue weighted by Gasteiger charge is 2.25. The molecule has 2 heterocycles. The Morgan fingerprint density at radius 2 is 2.00 bits per heavy atom. The Bertz CT molecular complexity index is 1350. The number of anilines is 1. The number of hydrogen-bond acceptors (Lipinski definition) is 5. The van der Waals surface area contributed by atoms with E-state index < -0.39 is 30.0 Å². The molecule has 11 heteroatoms. The molecule has 0 unspecified atom stereocenters. The van der Waals surface area contributed by atoms with E-state index in [-0.39, 0.29) is 16.4 Å². The molecular formula is C22H21ClF2N6O2. The summed E-state index contributed by atoms with van der Waals surface area (Å²) >= 11 is 5.67. The lowest BCUT2D eigenvalue weighted by Gasteiger charge is -2.30. The maximum atomic E-state index is 14.6. The number of aromatic nitrogens is 3. The van der Waals surface area contributed by atoms with Crippen molar-refractivity contribution >= 4 is 51.0 Å². The molecule has 0 saturated carbocycles. The second kappa shape index (κ2) is 9.37. The molecular weight excluding hydrogens is 454 g/mol. The third-order valence-electron chi connectivity index (χ3n) is 5.01. The van der Waals surface area contributed by atoms with Gasteiger partial charge in [-0.1, -0.05) is 24.3 Å². The lowest BCUT2D eigenvalue weighted by atomic mass is 10.1. The largest absolute Gasteiger partial charge is 0.383 e. The monoisotopic (exact) mass is 474 g/mol. The first kappa shape index (κ1) is 23.9. The number of nitrogen functional groups attached to an aromatic ring is 1. The number of halogens is 3. The minimum Gasteiger partial charge on any atom is -0.383 e. The number of pyridine rings is 1. The third kappa shape index (κ3) is 4.70. The van der Waals surface area contributed by atoms with Crippen molar-refractivity contribution in [3.05, 3.63) is 65.4 Å². The van der Waals surface area contributed by atoms with Crippen LogP contribution in [-0.4, -0.2) is 50.2 Å². The molecule has 0 aliphatic rings. The van der Waals surface area contributed by atoms with E-state index in [0.717, 1.165) is 22.2 Å². The number of allylic oxidation sites excluding steroid dienone is 4. The fraction of sp³-hybridized carbons (Fsp3) is 0.182. The van der Waals surface area contributed by atoms with E-state index in [1.54, 1.807) is 30.1 Å². The molecule has 2 amide bonds. The molecule has 0 atom stereocenters. The van der Waals surface area contributed by atoms with Crippen LogP contribution in [0.15, 0.2) is 59.8 Å². The Labute approximate surface area is 193 Å². The van der Waals surface area contributed by atoms with Crippen molar-refractivity contribution in [2.45, 2.75) is 6.92 Å². The van der Waals surface area contributed by atoms with E-state index in [9.17, 15) is 18.4 Å². The Balaban J connectivity index is 2.09. The Morgan fingerprint density at radius 3 is 2.64 bits per heavy atom. The molecule has 0 spiro atoms. The highest BCUT2D eigenvalue weighted by Crippen LogP contribution is 2.28. The van der Waals surface area contributed by atoms with E-state index in [2.05, 4.69) is 16.7 Å². The number of nitrogens with two attached hydrogens (primary N) is 1. The Hall–Kier alpha value is -3.79. The van der Waals surface area contributed by atoms with Crippen molar-refractivity contribution in [1.29, 1.82) is 0 Å². The maximum Gasteiger partial charge on any atom is 0.272 e. The second-order valence-corrected chi connectivity index (χ2v) is 7.59. The quantitative estimate of drug-likeness (QED) is 0.445. The summed E-state index contributed by atoms with van der Waals surface area (Å²) in [7, 11) is 3.00. The fourth-order valence-corrected chi connectivity index (χ4v) is 3.28. The maximum absolute atomic E-state index is 14.6. The number of hydrazine groups is 1. The molecule has 2 aromatic heterocycles. The second-order valence-electron chi connectivity index (χ2n) is 7.15. The van der Waals surface area contributed by atoms with Gasteiger partial charge in [0.1, 0.15) is 5.82 Å². The van der Waals surface area contributed by atoms with E-state index in [0.29, 0.717) is 21.8 Å². The molecule has 3 rings (SSSR count). The SMILES string of the molecule is C=C/C(Cl)=C\C(F)=C(/F)CN(C(=O)c1ccc2nc(N)c3cnn(C)c3c2c1)N(C)C(C)=O. The number of nitrogens with zero attached hydrogens (tertiary/aromatic N) is 5. The lowest BCUT2D eigenvalue weighted by molar-refractivity contribution is -0.139. The number of fused-ring (bicyclic) bond motifs is 3. The Morgan fingerprint density at radius 1 is 1.30 bits per heavy atom. The number of carbonyl (C=O) groups excluding carboxylic acids is 2. The number of aryl methyl sites for hydroxylation is 1. The number of amides is 2. The highest BCUT2D eigenvalue weighted by atomic mass is 35.5. The van der Waals surface area contributed by atoms with E-state index in [1.807, 2.05) is 0 Å². The molecule has 3 aromatic rings. The van der Waals surface area contributed by atoms with Crippen LogP contribution in [0.25, 0.3) is 21.8 Å². The Kier molecular flexibility index (Phi) is 6.78. The van der Waals surface area contributed by atoms with Crippen LogP contribution in [0.3, 0.4) is 0 Å². The van der Waals surface area contributed by atoms with E-state index in [1.165, 1.54) is 20.0 Å². The summed E-state index contributed by atoms with van der Waals surface area (Å²) in [6, 6.07) is 4.59. The van der Waals surface area contributed by atoms with Gasteiger partial charge in [0, 0.05) is 37.0 Å². The van der Waals surface area contributed by atoms with Gasteiger partial charge < -0.3 is 5.73 Å². The molecule has 0 fully saturated rings. The molecule has 0 aliphatic heterocycles. The summed E-state index contributed by atoms with van der Waals surface area (Å²) < 4.78 is 30.3. The molecule has 2 N–H and O–H groups in total. The summed E-state index contributed by atoms with van der Waals surface area (Å²) in [5.41, 5.74) is 7.29. The zero-order valence-electron chi connectivity index (χ0n) is 18.1. The number of hydrogen-bond donors (Lipinski definition) is 1. The summed E-state index contributed by atoms with van der Waals surface area (Å²) in [6.45, 7) is 3.72. The third-order valence-corrected chi connectivity index (χ3v) is 5.28. The predicted octanol–water partition coefficient (Wildman–Crippen LogP) is 4.00. The first-order valence-corrected chi connectivity index (χ1v) is 10.0. The van der Waals surface area contributed by atoms with Gasteiger partial charge in [-0.15, -0.1) is 0 Å². The van der Waals surface area contributed by atoms with Crippen molar-refractivity contribution < 1.29 is 18.4 Å². The molecule has 0 aliphatic carbocycles. The van der Waals surface area contributed by atoms with Gasteiger partial charge in [0.25, 0.3) is 5.91 Å². The molecule has 0 radical (unpaired) electrons. The lowest BCUT2D eigenvalue weighted by Crippen LogP contribution is -2.47.